The minimum absolute atomic E-state index is 0.0500. The molecule has 0 bridgehead atoms. The molecule has 16 heavy (non-hydrogen) atoms. The highest BCUT2D eigenvalue weighted by Gasteiger charge is 2.04. The minimum Gasteiger partial charge on any atom is -0.295 e. The molecule has 0 spiro atoms. The molecule has 0 fully saturated rings. The topological polar surface area (TPSA) is 42.9 Å². The first kappa shape index (κ1) is 10.5. The average molecular weight is 212 g/mol. The Morgan fingerprint density at radius 2 is 1.88 bits per heavy atom. The Balaban J connectivity index is 2.44. The van der Waals surface area contributed by atoms with E-state index in [0.29, 0.717) is 11.4 Å². The fourth-order valence-electron chi connectivity index (χ4n) is 1.42. The average Bonchev–Trinajstić information content (AvgIpc) is 2.30. The molecule has 3 nitrogen and oxygen atoms in total. The molecule has 3 heteroatoms. The summed E-state index contributed by atoms with van der Waals surface area (Å²) in [6.07, 6.45) is 3.53. The molecule has 0 saturated heterocycles. The van der Waals surface area contributed by atoms with E-state index in [0.717, 1.165) is 11.1 Å². The van der Waals surface area contributed by atoms with Gasteiger partial charge in [0.2, 0.25) is 0 Å². The van der Waals surface area contributed by atoms with Crippen molar-refractivity contribution in [3.05, 3.63) is 47.8 Å². The van der Waals surface area contributed by atoms with Crippen LogP contribution in [-0.2, 0) is 0 Å². The lowest BCUT2D eigenvalue weighted by Gasteiger charge is -2.02. The first-order valence-electron chi connectivity index (χ1n) is 5.07. The summed E-state index contributed by atoms with van der Waals surface area (Å²) in [4.78, 5) is 19.7. The number of Topliss-reactive ketones (excluding diaryl/α,β-unsaturated/α-hetero) is 1. The van der Waals surface area contributed by atoms with Gasteiger partial charge in [-0.25, -0.2) is 9.97 Å². The van der Waals surface area contributed by atoms with Crippen LogP contribution < -0.4 is 0 Å². The van der Waals surface area contributed by atoms with Crippen LogP contribution in [0.4, 0.5) is 0 Å². The van der Waals surface area contributed by atoms with E-state index in [1.807, 2.05) is 25.1 Å². The van der Waals surface area contributed by atoms with Gasteiger partial charge in [0.25, 0.3) is 0 Å². The normalized spacial score (nSPS) is 10.1. The fourth-order valence-corrected chi connectivity index (χ4v) is 1.42. The first-order valence-corrected chi connectivity index (χ1v) is 5.07. The Morgan fingerprint density at radius 1 is 1.19 bits per heavy atom. The highest BCUT2D eigenvalue weighted by atomic mass is 16.1. The minimum atomic E-state index is 0.0500. The van der Waals surface area contributed by atoms with Crippen molar-refractivity contribution in [1.29, 1.82) is 0 Å². The molecule has 0 N–H and O–H groups in total. The molecular formula is C13H12N2O. The predicted octanol–water partition coefficient (Wildman–Crippen LogP) is 2.65. The maximum Gasteiger partial charge on any atom is 0.159 e. The van der Waals surface area contributed by atoms with Crippen molar-refractivity contribution in [3.63, 3.8) is 0 Å². The number of hydrogen-bond donors (Lipinski definition) is 0. The molecule has 0 aliphatic rings. The van der Waals surface area contributed by atoms with Gasteiger partial charge in [-0.05, 0) is 25.5 Å². The van der Waals surface area contributed by atoms with Crippen molar-refractivity contribution >= 4 is 5.78 Å². The molecule has 0 atom stereocenters. The molecule has 0 saturated carbocycles. The SMILES string of the molecule is CC(=O)c1cccc(-c2ncc(C)cn2)c1. The maximum absolute atomic E-state index is 11.2. The molecule has 1 aromatic heterocycles. The first-order chi connectivity index (χ1) is 7.66. The number of rotatable bonds is 2. The quantitative estimate of drug-likeness (QED) is 0.719. The number of aryl methyl sites for hydroxylation is 1. The smallest absolute Gasteiger partial charge is 0.159 e. The van der Waals surface area contributed by atoms with Crippen LogP contribution in [0.3, 0.4) is 0 Å². The zero-order valence-electron chi connectivity index (χ0n) is 9.27. The van der Waals surface area contributed by atoms with E-state index in [4.69, 9.17) is 0 Å². The number of ketones is 1. The Labute approximate surface area is 94.2 Å². The predicted molar refractivity (Wildman–Crippen MR) is 62.2 cm³/mol. The van der Waals surface area contributed by atoms with E-state index in [9.17, 15) is 4.79 Å². The van der Waals surface area contributed by atoms with Gasteiger partial charge in [0.05, 0.1) is 0 Å². The highest BCUT2D eigenvalue weighted by molar-refractivity contribution is 5.95. The molecule has 1 heterocycles. The second-order valence-corrected chi connectivity index (χ2v) is 3.72. The van der Waals surface area contributed by atoms with Gasteiger partial charge in [-0.3, -0.25) is 4.79 Å². The van der Waals surface area contributed by atoms with Gasteiger partial charge < -0.3 is 0 Å². The largest absolute Gasteiger partial charge is 0.295 e. The number of nitrogens with zero attached hydrogens (tertiary/aromatic N) is 2. The molecule has 1 aromatic carbocycles. The monoisotopic (exact) mass is 212 g/mol. The lowest BCUT2D eigenvalue weighted by Crippen LogP contribution is -1.94. The van der Waals surface area contributed by atoms with E-state index in [1.165, 1.54) is 0 Å². The van der Waals surface area contributed by atoms with Crippen molar-refractivity contribution in [1.82, 2.24) is 9.97 Å². The third-order valence-corrected chi connectivity index (χ3v) is 2.31. The number of aromatic nitrogens is 2. The van der Waals surface area contributed by atoms with Gasteiger partial charge in [0.15, 0.2) is 11.6 Å². The molecule has 0 unspecified atom stereocenters. The summed E-state index contributed by atoms with van der Waals surface area (Å²) >= 11 is 0. The molecule has 80 valence electrons. The summed E-state index contributed by atoms with van der Waals surface area (Å²) in [6.45, 7) is 3.49. The van der Waals surface area contributed by atoms with Crippen LogP contribution in [0, 0.1) is 6.92 Å². The second-order valence-electron chi connectivity index (χ2n) is 3.72. The molecule has 0 amide bonds. The maximum atomic E-state index is 11.2. The van der Waals surface area contributed by atoms with Crippen LogP contribution in [0.1, 0.15) is 22.8 Å². The van der Waals surface area contributed by atoms with Crippen LogP contribution in [0.15, 0.2) is 36.7 Å². The Bertz CT molecular complexity index is 518. The van der Waals surface area contributed by atoms with E-state index in [-0.39, 0.29) is 5.78 Å². The Kier molecular flexibility index (Phi) is 2.77. The molecule has 2 aromatic rings. The van der Waals surface area contributed by atoms with E-state index < -0.39 is 0 Å². The zero-order valence-corrected chi connectivity index (χ0v) is 9.27. The van der Waals surface area contributed by atoms with Gasteiger partial charge >= 0.3 is 0 Å². The van der Waals surface area contributed by atoms with E-state index in [1.54, 1.807) is 25.4 Å². The summed E-state index contributed by atoms with van der Waals surface area (Å²) in [5.74, 6) is 0.697. The number of carbonyl (C=O) groups is 1. The Hall–Kier alpha value is -2.03. The van der Waals surface area contributed by atoms with Crippen molar-refractivity contribution in [3.8, 4) is 11.4 Å². The molecule has 0 aliphatic carbocycles. The molecular weight excluding hydrogens is 200 g/mol. The molecule has 0 radical (unpaired) electrons. The van der Waals surface area contributed by atoms with Gasteiger partial charge in [0, 0.05) is 23.5 Å². The van der Waals surface area contributed by atoms with Crippen molar-refractivity contribution in [2.45, 2.75) is 13.8 Å². The molecule has 0 aliphatic heterocycles. The fraction of sp³-hybridized carbons (Fsp3) is 0.154. The lowest BCUT2D eigenvalue weighted by molar-refractivity contribution is 0.101. The number of hydrogen-bond acceptors (Lipinski definition) is 3. The zero-order chi connectivity index (χ0) is 11.5. The van der Waals surface area contributed by atoms with E-state index in [2.05, 4.69) is 9.97 Å². The van der Waals surface area contributed by atoms with Crippen LogP contribution in [0.25, 0.3) is 11.4 Å². The third kappa shape index (κ3) is 2.14. The molecule has 2 rings (SSSR count). The van der Waals surface area contributed by atoms with E-state index >= 15 is 0 Å². The number of benzene rings is 1. The summed E-state index contributed by atoms with van der Waals surface area (Å²) in [6, 6.07) is 7.35. The highest BCUT2D eigenvalue weighted by Crippen LogP contribution is 2.16. The van der Waals surface area contributed by atoms with Gasteiger partial charge in [-0.2, -0.15) is 0 Å². The lowest BCUT2D eigenvalue weighted by atomic mass is 10.1. The summed E-state index contributed by atoms with van der Waals surface area (Å²) < 4.78 is 0. The van der Waals surface area contributed by atoms with Crippen molar-refractivity contribution in [2.75, 3.05) is 0 Å². The van der Waals surface area contributed by atoms with Gasteiger partial charge in [0.1, 0.15) is 0 Å². The summed E-state index contributed by atoms with van der Waals surface area (Å²) in [5.41, 5.74) is 2.57. The van der Waals surface area contributed by atoms with Crippen molar-refractivity contribution < 1.29 is 4.79 Å². The summed E-state index contributed by atoms with van der Waals surface area (Å²) in [5, 5.41) is 0. The Morgan fingerprint density at radius 3 is 2.50 bits per heavy atom. The second kappa shape index (κ2) is 4.23. The standard InChI is InChI=1S/C13H12N2O/c1-9-7-14-13(15-8-9)12-5-3-4-11(6-12)10(2)16/h3-8H,1-2H3. The van der Waals surface area contributed by atoms with Gasteiger partial charge in [-0.15, -0.1) is 0 Å². The van der Waals surface area contributed by atoms with Crippen LogP contribution in [0.5, 0.6) is 0 Å². The van der Waals surface area contributed by atoms with Crippen LogP contribution in [0.2, 0.25) is 0 Å². The van der Waals surface area contributed by atoms with Gasteiger partial charge in [-0.1, -0.05) is 18.2 Å². The number of carbonyl (C=O) groups excluding carboxylic acids is 1. The van der Waals surface area contributed by atoms with Crippen LogP contribution in [-0.4, -0.2) is 15.8 Å². The van der Waals surface area contributed by atoms with Crippen LogP contribution >= 0.6 is 0 Å². The summed E-state index contributed by atoms with van der Waals surface area (Å²) in [7, 11) is 0. The third-order valence-electron chi connectivity index (χ3n) is 2.31. The van der Waals surface area contributed by atoms with Crippen molar-refractivity contribution in [2.24, 2.45) is 0 Å².